The molecular formula is C21H42N2. The largest absolute Gasteiger partial charge is 0.327 e. The van der Waals surface area contributed by atoms with Gasteiger partial charge in [-0.2, -0.15) is 0 Å². The molecule has 5 unspecified atom stereocenters. The van der Waals surface area contributed by atoms with Crippen LogP contribution in [0.3, 0.4) is 0 Å². The first-order chi connectivity index (χ1) is 11.3. The smallest absolute Gasteiger partial charge is 0.00725 e. The molecule has 0 aromatic rings. The molecule has 2 aliphatic carbocycles. The van der Waals surface area contributed by atoms with E-state index in [-0.39, 0.29) is 0 Å². The lowest BCUT2D eigenvalue weighted by Crippen LogP contribution is -2.42. The van der Waals surface area contributed by atoms with Crippen molar-refractivity contribution in [3.8, 4) is 0 Å². The second kappa shape index (κ2) is 10.7. The molecule has 23 heavy (non-hydrogen) atoms. The Morgan fingerprint density at radius 2 is 1.78 bits per heavy atom. The van der Waals surface area contributed by atoms with Gasteiger partial charge in [0.1, 0.15) is 0 Å². The van der Waals surface area contributed by atoms with Gasteiger partial charge in [0, 0.05) is 6.04 Å². The quantitative estimate of drug-likeness (QED) is 0.548. The highest BCUT2D eigenvalue weighted by Crippen LogP contribution is 2.45. The van der Waals surface area contributed by atoms with Gasteiger partial charge in [-0.25, -0.2) is 0 Å². The molecule has 0 aliphatic heterocycles. The van der Waals surface area contributed by atoms with Crippen LogP contribution in [0.5, 0.6) is 0 Å². The van der Waals surface area contributed by atoms with Crippen LogP contribution in [0.2, 0.25) is 0 Å². The minimum Gasteiger partial charge on any atom is -0.327 e. The van der Waals surface area contributed by atoms with Crippen molar-refractivity contribution in [2.75, 3.05) is 13.6 Å². The summed E-state index contributed by atoms with van der Waals surface area (Å²) in [5.41, 5.74) is 6.77. The van der Waals surface area contributed by atoms with Crippen molar-refractivity contribution in [1.82, 2.24) is 5.32 Å². The second-order valence-electron chi connectivity index (χ2n) is 8.43. The summed E-state index contributed by atoms with van der Waals surface area (Å²) in [7, 11) is 2.05. The van der Waals surface area contributed by atoms with Gasteiger partial charge in [0.05, 0.1) is 0 Å². The fourth-order valence-electron chi connectivity index (χ4n) is 5.48. The molecule has 2 rings (SSSR count). The van der Waals surface area contributed by atoms with Crippen LogP contribution in [-0.2, 0) is 0 Å². The average molecular weight is 323 g/mol. The van der Waals surface area contributed by atoms with Crippen LogP contribution in [0.25, 0.3) is 0 Å². The van der Waals surface area contributed by atoms with Gasteiger partial charge >= 0.3 is 0 Å². The number of hydrogen-bond donors (Lipinski definition) is 2. The molecular weight excluding hydrogens is 280 g/mol. The molecule has 0 aromatic carbocycles. The van der Waals surface area contributed by atoms with Crippen LogP contribution >= 0.6 is 0 Å². The van der Waals surface area contributed by atoms with Gasteiger partial charge in [-0.15, -0.1) is 0 Å². The van der Waals surface area contributed by atoms with E-state index in [1.807, 2.05) is 0 Å². The number of nitrogens with one attached hydrogen (secondary N) is 1. The van der Waals surface area contributed by atoms with Crippen LogP contribution < -0.4 is 11.1 Å². The van der Waals surface area contributed by atoms with Crippen LogP contribution in [0.4, 0.5) is 0 Å². The lowest BCUT2D eigenvalue weighted by atomic mass is 9.63. The summed E-state index contributed by atoms with van der Waals surface area (Å²) < 4.78 is 0. The first-order valence-electron chi connectivity index (χ1n) is 10.7. The maximum absolute atomic E-state index is 6.77. The number of rotatable bonds is 10. The molecule has 136 valence electrons. The van der Waals surface area contributed by atoms with E-state index in [4.69, 9.17) is 5.73 Å². The molecule has 2 fully saturated rings. The summed E-state index contributed by atoms with van der Waals surface area (Å²) in [5, 5.41) is 3.25. The average Bonchev–Trinajstić information content (AvgIpc) is 2.59. The van der Waals surface area contributed by atoms with E-state index in [1.165, 1.54) is 90.0 Å². The highest BCUT2D eigenvalue weighted by Gasteiger charge is 2.37. The van der Waals surface area contributed by atoms with Gasteiger partial charge in [-0.1, -0.05) is 64.7 Å². The maximum Gasteiger partial charge on any atom is 0.00725 e. The molecule has 5 atom stereocenters. The summed E-state index contributed by atoms with van der Waals surface area (Å²) in [6.45, 7) is 3.54. The Kier molecular flexibility index (Phi) is 8.97. The predicted molar refractivity (Wildman–Crippen MR) is 102 cm³/mol. The van der Waals surface area contributed by atoms with E-state index in [9.17, 15) is 0 Å². The molecule has 2 aliphatic rings. The minimum absolute atomic E-state index is 0.475. The zero-order valence-electron chi connectivity index (χ0n) is 15.9. The van der Waals surface area contributed by atoms with E-state index < -0.39 is 0 Å². The van der Waals surface area contributed by atoms with E-state index in [0.29, 0.717) is 6.04 Å². The van der Waals surface area contributed by atoms with Crippen molar-refractivity contribution in [1.29, 1.82) is 0 Å². The molecule has 2 saturated carbocycles. The molecule has 0 bridgehead atoms. The Morgan fingerprint density at radius 1 is 1.00 bits per heavy atom. The van der Waals surface area contributed by atoms with Crippen LogP contribution in [-0.4, -0.2) is 19.6 Å². The third-order valence-electron chi connectivity index (χ3n) is 6.90. The van der Waals surface area contributed by atoms with Crippen molar-refractivity contribution in [2.45, 2.75) is 96.4 Å². The molecule has 2 nitrogen and oxygen atoms in total. The van der Waals surface area contributed by atoms with Crippen LogP contribution in [0, 0.1) is 23.7 Å². The predicted octanol–water partition coefficient (Wildman–Crippen LogP) is 5.12. The maximum atomic E-state index is 6.77. The third-order valence-corrected chi connectivity index (χ3v) is 6.90. The molecule has 0 amide bonds. The second-order valence-corrected chi connectivity index (χ2v) is 8.43. The molecule has 0 aromatic heterocycles. The summed E-state index contributed by atoms with van der Waals surface area (Å²) in [6, 6.07) is 0.475. The fourth-order valence-corrected chi connectivity index (χ4v) is 5.48. The molecule has 0 radical (unpaired) electrons. The molecule has 3 N–H and O–H groups in total. The summed E-state index contributed by atoms with van der Waals surface area (Å²) in [5.74, 6) is 3.70. The molecule has 0 spiro atoms. The summed E-state index contributed by atoms with van der Waals surface area (Å²) in [6.07, 6.45) is 18.4. The van der Waals surface area contributed by atoms with Gasteiger partial charge in [-0.3, -0.25) is 0 Å². The highest BCUT2D eigenvalue weighted by atomic mass is 14.8. The topological polar surface area (TPSA) is 38.0 Å². The number of unbranched alkanes of at least 4 members (excludes halogenated alkanes) is 2. The van der Waals surface area contributed by atoms with Crippen molar-refractivity contribution in [3.63, 3.8) is 0 Å². The minimum atomic E-state index is 0.475. The van der Waals surface area contributed by atoms with E-state index in [1.54, 1.807) is 0 Å². The van der Waals surface area contributed by atoms with Gasteiger partial charge in [0.2, 0.25) is 0 Å². The summed E-state index contributed by atoms with van der Waals surface area (Å²) in [4.78, 5) is 0. The van der Waals surface area contributed by atoms with E-state index in [2.05, 4.69) is 19.3 Å². The van der Waals surface area contributed by atoms with Crippen LogP contribution in [0.1, 0.15) is 90.4 Å². The molecule has 0 heterocycles. The Labute approximate surface area is 145 Å². The number of nitrogens with two attached hydrogens (primary N) is 1. The lowest BCUT2D eigenvalue weighted by Gasteiger charge is -2.44. The highest BCUT2D eigenvalue weighted by molar-refractivity contribution is 4.90. The van der Waals surface area contributed by atoms with Crippen molar-refractivity contribution < 1.29 is 0 Å². The first-order valence-corrected chi connectivity index (χ1v) is 10.7. The number of fused-ring (bicyclic) bond motifs is 1. The van der Waals surface area contributed by atoms with Crippen molar-refractivity contribution in [2.24, 2.45) is 29.4 Å². The fraction of sp³-hybridized carbons (Fsp3) is 1.00. The Hall–Kier alpha value is -0.0800. The van der Waals surface area contributed by atoms with Gasteiger partial charge in [0.25, 0.3) is 0 Å². The van der Waals surface area contributed by atoms with E-state index in [0.717, 1.165) is 23.7 Å². The SMILES string of the molecule is CCC(CCCCCNC)CC(N)C1CCCC2CCCCC21. The lowest BCUT2D eigenvalue weighted by molar-refractivity contribution is 0.0795. The van der Waals surface area contributed by atoms with Gasteiger partial charge in [0.15, 0.2) is 0 Å². The van der Waals surface area contributed by atoms with Crippen molar-refractivity contribution >= 4 is 0 Å². The van der Waals surface area contributed by atoms with Gasteiger partial charge < -0.3 is 11.1 Å². The molecule has 2 heteroatoms. The molecule has 0 saturated heterocycles. The standard InChI is InChI=1S/C21H42N2/c1-3-17(10-5-4-8-15-23-2)16-21(22)20-14-9-12-18-11-6-7-13-19(18)20/h17-21,23H,3-16,22H2,1-2H3. The Balaban J connectivity index is 1.75. The normalized spacial score (nSPS) is 30.7. The Morgan fingerprint density at radius 3 is 2.57 bits per heavy atom. The zero-order valence-corrected chi connectivity index (χ0v) is 15.9. The zero-order chi connectivity index (χ0) is 16.5. The third kappa shape index (κ3) is 6.05. The van der Waals surface area contributed by atoms with Gasteiger partial charge in [-0.05, 0) is 62.9 Å². The number of hydrogen-bond acceptors (Lipinski definition) is 2. The first kappa shape index (κ1) is 19.2. The monoisotopic (exact) mass is 322 g/mol. The van der Waals surface area contributed by atoms with Crippen molar-refractivity contribution in [3.05, 3.63) is 0 Å². The Bertz CT molecular complexity index is 302. The summed E-state index contributed by atoms with van der Waals surface area (Å²) >= 11 is 0. The van der Waals surface area contributed by atoms with Crippen LogP contribution in [0.15, 0.2) is 0 Å². The van der Waals surface area contributed by atoms with E-state index >= 15 is 0 Å².